The SMILES string of the molecule is O=C(c1ccc(-n2cccc2)cc1)N1CC[C@@H](Oc2ccncn2)C1. The first kappa shape index (κ1) is 15.4. The van der Waals surface area contributed by atoms with Crippen LogP contribution in [0.5, 0.6) is 5.88 Å². The first-order valence-corrected chi connectivity index (χ1v) is 8.25. The van der Waals surface area contributed by atoms with Gasteiger partial charge in [0.15, 0.2) is 0 Å². The lowest BCUT2D eigenvalue weighted by atomic mass is 10.2. The van der Waals surface area contributed by atoms with Crippen LogP contribution in [0, 0.1) is 0 Å². The molecule has 0 aliphatic carbocycles. The number of hydrogen-bond donors (Lipinski definition) is 0. The van der Waals surface area contributed by atoms with E-state index in [4.69, 9.17) is 4.74 Å². The monoisotopic (exact) mass is 334 g/mol. The molecule has 1 saturated heterocycles. The average Bonchev–Trinajstić information content (AvgIpc) is 3.34. The van der Waals surface area contributed by atoms with Gasteiger partial charge in [-0.2, -0.15) is 0 Å². The topological polar surface area (TPSA) is 60.2 Å². The first-order valence-electron chi connectivity index (χ1n) is 8.25. The maximum Gasteiger partial charge on any atom is 0.253 e. The van der Waals surface area contributed by atoms with E-state index in [1.54, 1.807) is 12.3 Å². The van der Waals surface area contributed by atoms with Gasteiger partial charge in [-0.1, -0.05) is 0 Å². The minimum Gasteiger partial charge on any atom is -0.472 e. The van der Waals surface area contributed by atoms with Gasteiger partial charge in [-0.15, -0.1) is 0 Å². The highest BCUT2D eigenvalue weighted by atomic mass is 16.5. The lowest BCUT2D eigenvalue weighted by molar-refractivity contribution is 0.0771. The second-order valence-corrected chi connectivity index (χ2v) is 5.96. The summed E-state index contributed by atoms with van der Waals surface area (Å²) < 4.78 is 7.82. The van der Waals surface area contributed by atoms with Crippen molar-refractivity contribution in [1.82, 2.24) is 19.4 Å². The lowest BCUT2D eigenvalue weighted by Crippen LogP contribution is -2.31. The quantitative estimate of drug-likeness (QED) is 0.736. The summed E-state index contributed by atoms with van der Waals surface area (Å²) >= 11 is 0. The van der Waals surface area contributed by atoms with Gasteiger partial charge in [-0.3, -0.25) is 4.79 Å². The Hall–Kier alpha value is -3.15. The third-order valence-corrected chi connectivity index (χ3v) is 4.29. The van der Waals surface area contributed by atoms with Crippen molar-refractivity contribution < 1.29 is 9.53 Å². The number of ether oxygens (including phenoxy) is 1. The summed E-state index contributed by atoms with van der Waals surface area (Å²) in [7, 11) is 0. The number of benzene rings is 1. The van der Waals surface area contributed by atoms with E-state index in [9.17, 15) is 4.79 Å². The van der Waals surface area contributed by atoms with E-state index in [1.165, 1.54) is 6.33 Å². The summed E-state index contributed by atoms with van der Waals surface area (Å²) in [6.07, 6.45) is 7.83. The van der Waals surface area contributed by atoms with Crippen molar-refractivity contribution >= 4 is 5.91 Å². The summed E-state index contributed by atoms with van der Waals surface area (Å²) in [6.45, 7) is 1.26. The number of hydrogen-bond acceptors (Lipinski definition) is 4. The summed E-state index contributed by atoms with van der Waals surface area (Å²) in [6, 6.07) is 13.3. The minimum absolute atomic E-state index is 0.0296. The molecule has 1 aromatic carbocycles. The summed E-state index contributed by atoms with van der Waals surface area (Å²) in [5, 5.41) is 0. The number of likely N-dealkylation sites (tertiary alicyclic amines) is 1. The van der Waals surface area contributed by atoms with Gasteiger partial charge in [0, 0.05) is 48.9 Å². The maximum atomic E-state index is 12.7. The van der Waals surface area contributed by atoms with E-state index >= 15 is 0 Å². The molecule has 1 amide bonds. The van der Waals surface area contributed by atoms with E-state index < -0.39 is 0 Å². The Bertz CT molecular complexity index is 832. The fourth-order valence-corrected chi connectivity index (χ4v) is 2.99. The third kappa shape index (κ3) is 3.38. The van der Waals surface area contributed by atoms with E-state index in [1.807, 2.05) is 58.3 Å². The molecule has 126 valence electrons. The Morgan fingerprint density at radius 1 is 1.12 bits per heavy atom. The molecule has 2 aromatic heterocycles. The number of amides is 1. The molecule has 1 atom stereocenters. The van der Waals surface area contributed by atoms with Crippen LogP contribution in [0.15, 0.2) is 67.4 Å². The van der Waals surface area contributed by atoms with Crippen molar-refractivity contribution in [3.05, 3.63) is 72.9 Å². The van der Waals surface area contributed by atoms with Crippen LogP contribution in [0.1, 0.15) is 16.8 Å². The average molecular weight is 334 g/mol. The van der Waals surface area contributed by atoms with E-state index in [0.29, 0.717) is 24.5 Å². The predicted molar refractivity (Wildman–Crippen MR) is 92.7 cm³/mol. The van der Waals surface area contributed by atoms with Crippen molar-refractivity contribution in [2.75, 3.05) is 13.1 Å². The van der Waals surface area contributed by atoms with Gasteiger partial charge < -0.3 is 14.2 Å². The Kier molecular flexibility index (Phi) is 4.16. The molecule has 3 heterocycles. The van der Waals surface area contributed by atoms with Crippen LogP contribution in [0.4, 0.5) is 0 Å². The third-order valence-electron chi connectivity index (χ3n) is 4.29. The molecule has 0 spiro atoms. The van der Waals surface area contributed by atoms with Gasteiger partial charge in [-0.25, -0.2) is 9.97 Å². The van der Waals surface area contributed by atoms with Crippen molar-refractivity contribution in [2.24, 2.45) is 0 Å². The molecule has 3 aromatic rings. The van der Waals surface area contributed by atoms with E-state index in [0.717, 1.165) is 12.1 Å². The fourth-order valence-electron chi connectivity index (χ4n) is 2.99. The maximum absolute atomic E-state index is 12.7. The van der Waals surface area contributed by atoms with Gasteiger partial charge in [0.05, 0.1) is 6.54 Å². The number of nitrogens with zero attached hydrogens (tertiary/aromatic N) is 4. The molecule has 0 N–H and O–H groups in total. The Labute approximate surface area is 145 Å². The summed E-state index contributed by atoms with van der Waals surface area (Å²) in [5.74, 6) is 0.582. The van der Waals surface area contributed by atoms with E-state index in [2.05, 4.69) is 9.97 Å². The van der Waals surface area contributed by atoms with Crippen LogP contribution < -0.4 is 4.74 Å². The summed E-state index contributed by atoms with van der Waals surface area (Å²) in [4.78, 5) is 22.4. The lowest BCUT2D eigenvalue weighted by Gasteiger charge is -2.17. The molecule has 0 bridgehead atoms. The fraction of sp³-hybridized carbons (Fsp3) is 0.211. The van der Waals surface area contributed by atoms with Crippen molar-refractivity contribution in [2.45, 2.75) is 12.5 Å². The molecule has 1 aliphatic heterocycles. The Balaban J connectivity index is 1.40. The highest BCUT2D eigenvalue weighted by Crippen LogP contribution is 2.19. The van der Waals surface area contributed by atoms with Gasteiger partial charge in [0.25, 0.3) is 5.91 Å². The molecule has 0 saturated carbocycles. The van der Waals surface area contributed by atoms with Crippen LogP contribution in [0.3, 0.4) is 0 Å². The van der Waals surface area contributed by atoms with Crippen molar-refractivity contribution in [3.8, 4) is 11.6 Å². The highest BCUT2D eigenvalue weighted by molar-refractivity contribution is 5.94. The highest BCUT2D eigenvalue weighted by Gasteiger charge is 2.28. The predicted octanol–water partition coefficient (Wildman–Crippen LogP) is 2.56. The van der Waals surface area contributed by atoms with Crippen molar-refractivity contribution in [3.63, 3.8) is 0 Å². The molecule has 1 fully saturated rings. The molecule has 1 aliphatic rings. The molecule has 0 unspecified atom stereocenters. The van der Waals surface area contributed by atoms with Gasteiger partial charge in [-0.05, 0) is 36.4 Å². The van der Waals surface area contributed by atoms with Crippen LogP contribution >= 0.6 is 0 Å². The zero-order valence-electron chi connectivity index (χ0n) is 13.7. The number of rotatable bonds is 4. The number of carbonyl (C=O) groups excluding carboxylic acids is 1. The molecular weight excluding hydrogens is 316 g/mol. The van der Waals surface area contributed by atoms with Crippen LogP contribution in [0.25, 0.3) is 5.69 Å². The molecule has 25 heavy (non-hydrogen) atoms. The number of aromatic nitrogens is 3. The zero-order chi connectivity index (χ0) is 17.1. The van der Waals surface area contributed by atoms with E-state index in [-0.39, 0.29) is 12.0 Å². The van der Waals surface area contributed by atoms with Crippen LogP contribution in [0.2, 0.25) is 0 Å². The summed E-state index contributed by atoms with van der Waals surface area (Å²) in [5.41, 5.74) is 1.73. The van der Waals surface area contributed by atoms with Gasteiger partial charge in [0.2, 0.25) is 5.88 Å². The molecule has 6 nitrogen and oxygen atoms in total. The van der Waals surface area contributed by atoms with Crippen LogP contribution in [-0.4, -0.2) is 44.5 Å². The van der Waals surface area contributed by atoms with Crippen LogP contribution in [-0.2, 0) is 0 Å². The molecule has 0 radical (unpaired) electrons. The first-order chi connectivity index (χ1) is 12.3. The molecular formula is C19H18N4O2. The largest absolute Gasteiger partial charge is 0.472 e. The zero-order valence-corrected chi connectivity index (χ0v) is 13.7. The second kappa shape index (κ2) is 6.76. The second-order valence-electron chi connectivity index (χ2n) is 5.96. The normalized spacial score (nSPS) is 16.8. The standard InChI is InChI=1S/C19H18N4O2/c24-19(15-3-5-16(6-4-15)22-10-1-2-11-22)23-12-8-17(13-23)25-18-7-9-20-14-21-18/h1-7,9-11,14,17H,8,12-13H2/t17-/m1/s1. The minimum atomic E-state index is -0.0296. The smallest absolute Gasteiger partial charge is 0.253 e. The molecule has 6 heteroatoms. The van der Waals surface area contributed by atoms with Crippen molar-refractivity contribution in [1.29, 1.82) is 0 Å². The van der Waals surface area contributed by atoms with Gasteiger partial charge in [0.1, 0.15) is 12.4 Å². The number of carbonyl (C=O) groups is 1. The Morgan fingerprint density at radius 2 is 1.92 bits per heavy atom. The molecule has 4 rings (SSSR count). The Morgan fingerprint density at radius 3 is 2.64 bits per heavy atom. The van der Waals surface area contributed by atoms with Gasteiger partial charge >= 0.3 is 0 Å².